The van der Waals surface area contributed by atoms with Crippen molar-refractivity contribution >= 4 is 5.97 Å². The van der Waals surface area contributed by atoms with Crippen molar-refractivity contribution in [3.63, 3.8) is 0 Å². The molecule has 1 saturated carbocycles. The Labute approximate surface area is 66.9 Å². The first-order valence-electron chi connectivity index (χ1n) is 4.42. The zero-order valence-corrected chi connectivity index (χ0v) is 6.93. The number of carbonyl (C=O) groups excluding carboxylic acids is 1. The fraction of sp³-hybridized carbons (Fsp3) is 0.889. The Hall–Kier alpha value is -0.530. The van der Waals surface area contributed by atoms with Gasteiger partial charge in [-0.1, -0.05) is 6.42 Å². The minimum absolute atomic E-state index is 0.0133. The van der Waals surface area contributed by atoms with Crippen molar-refractivity contribution < 1.29 is 9.53 Å². The molecule has 2 unspecified atom stereocenters. The van der Waals surface area contributed by atoms with Crippen LogP contribution in [-0.4, -0.2) is 11.6 Å². The summed E-state index contributed by atoms with van der Waals surface area (Å²) < 4.78 is 5.31. The lowest BCUT2D eigenvalue weighted by molar-refractivity contribution is -0.149. The van der Waals surface area contributed by atoms with Crippen molar-refractivity contribution in [3.8, 4) is 0 Å². The van der Waals surface area contributed by atoms with Gasteiger partial charge in [0.05, 0.1) is 6.42 Å². The Balaban J connectivity index is 2.17. The van der Waals surface area contributed by atoms with Crippen molar-refractivity contribution in [1.29, 1.82) is 0 Å². The largest absolute Gasteiger partial charge is 0.459 e. The molecule has 0 radical (unpaired) electrons. The Bertz CT molecular complexity index is 188. The van der Waals surface area contributed by atoms with E-state index in [1.165, 1.54) is 19.3 Å². The molecule has 2 heteroatoms. The van der Waals surface area contributed by atoms with E-state index in [0.717, 1.165) is 6.42 Å². The van der Waals surface area contributed by atoms with Gasteiger partial charge in [-0.2, -0.15) is 0 Å². The molecule has 11 heavy (non-hydrogen) atoms. The number of ether oxygens (including phenoxy) is 1. The Morgan fingerprint density at radius 2 is 2.36 bits per heavy atom. The van der Waals surface area contributed by atoms with Gasteiger partial charge in [-0.3, -0.25) is 4.79 Å². The standard InChI is InChI=1S/C9H14O2/c1-9-5-3-2-4-7(9)6-8(10)11-9/h7H,2-6H2,1H3. The van der Waals surface area contributed by atoms with E-state index in [9.17, 15) is 4.79 Å². The highest BCUT2D eigenvalue weighted by Crippen LogP contribution is 2.43. The van der Waals surface area contributed by atoms with E-state index in [1.807, 2.05) is 0 Å². The van der Waals surface area contributed by atoms with Crippen molar-refractivity contribution in [1.82, 2.24) is 0 Å². The van der Waals surface area contributed by atoms with Crippen molar-refractivity contribution in [2.24, 2.45) is 5.92 Å². The van der Waals surface area contributed by atoms with Gasteiger partial charge in [0.15, 0.2) is 0 Å². The molecule has 2 rings (SSSR count). The van der Waals surface area contributed by atoms with Crippen LogP contribution < -0.4 is 0 Å². The second kappa shape index (κ2) is 2.23. The smallest absolute Gasteiger partial charge is 0.306 e. The molecule has 2 nitrogen and oxygen atoms in total. The van der Waals surface area contributed by atoms with Crippen LogP contribution in [-0.2, 0) is 9.53 Å². The quantitative estimate of drug-likeness (QED) is 0.498. The van der Waals surface area contributed by atoms with Gasteiger partial charge in [0.25, 0.3) is 0 Å². The summed E-state index contributed by atoms with van der Waals surface area (Å²) >= 11 is 0. The first-order valence-corrected chi connectivity index (χ1v) is 4.42. The molecule has 0 aromatic heterocycles. The second-order valence-electron chi connectivity index (χ2n) is 3.93. The highest BCUT2D eigenvalue weighted by Gasteiger charge is 2.46. The second-order valence-corrected chi connectivity index (χ2v) is 3.93. The summed E-state index contributed by atoms with van der Waals surface area (Å²) in [5.41, 5.74) is -0.0880. The minimum Gasteiger partial charge on any atom is -0.459 e. The number of hydrogen-bond acceptors (Lipinski definition) is 2. The molecule has 1 heterocycles. The predicted octanol–water partition coefficient (Wildman–Crippen LogP) is 1.88. The lowest BCUT2D eigenvalue weighted by Crippen LogP contribution is -2.34. The van der Waals surface area contributed by atoms with Crippen molar-refractivity contribution in [2.45, 2.75) is 44.6 Å². The minimum atomic E-state index is -0.0880. The lowest BCUT2D eigenvalue weighted by Gasteiger charge is -2.33. The zero-order valence-electron chi connectivity index (χ0n) is 6.93. The van der Waals surface area contributed by atoms with Gasteiger partial charge < -0.3 is 4.74 Å². The molecule has 2 fully saturated rings. The van der Waals surface area contributed by atoms with Crippen LogP contribution >= 0.6 is 0 Å². The zero-order chi connectivity index (χ0) is 7.90. The maximum Gasteiger partial charge on any atom is 0.306 e. The summed E-state index contributed by atoms with van der Waals surface area (Å²) in [5.74, 6) is 0.531. The van der Waals surface area contributed by atoms with E-state index in [2.05, 4.69) is 6.92 Å². The average molecular weight is 154 g/mol. The van der Waals surface area contributed by atoms with E-state index in [-0.39, 0.29) is 11.6 Å². The summed E-state index contributed by atoms with van der Waals surface area (Å²) in [6, 6.07) is 0. The fourth-order valence-corrected chi connectivity index (χ4v) is 2.33. The summed E-state index contributed by atoms with van der Waals surface area (Å²) in [6.07, 6.45) is 5.42. The first-order chi connectivity index (χ1) is 5.21. The maximum atomic E-state index is 11.0. The summed E-state index contributed by atoms with van der Waals surface area (Å²) in [6.45, 7) is 2.09. The van der Waals surface area contributed by atoms with Gasteiger partial charge >= 0.3 is 5.97 Å². The third-order valence-electron chi connectivity index (χ3n) is 3.10. The molecule has 0 aromatic carbocycles. The summed E-state index contributed by atoms with van der Waals surface area (Å²) in [7, 11) is 0. The van der Waals surface area contributed by atoms with E-state index in [1.54, 1.807) is 0 Å². The highest BCUT2D eigenvalue weighted by atomic mass is 16.6. The molecular weight excluding hydrogens is 140 g/mol. The topological polar surface area (TPSA) is 26.3 Å². The first kappa shape index (κ1) is 7.14. The van der Waals surface area contributed by atoms with Gasteiger partial charge in [0.1, 0.15) is 5.60 Å². The van der Waals surface area contributed by atoms with E-state index in [4.69, 9.17) is 4.74 Å². The van der Waals surface area contributed by atoms with Crippen LogP contribution in [0.25, 0.3) is 0 Å². The highest BCUT2D eigenvalue weighted by molar-refractivity contribution is 5.72. The SMILES string of the molecule is CC12CCCCC1CC(=O)O2. The number of fused-ring (bicyclic) bond motifs is 1. The molecule has 2 atom stereocenters. The van der Waals surface area contributed by atoms with Crippen LogP contribution in [0.15, 0.2) is 0 Å². The van der Waals surface area contributed by atoms with Crippen LogP contribution in [0, 0.1) is 5.92 Å². The van der Waals surface area contributed by atoms with Gasteiger partial charge in [-0.05, 0) is 26.2 Å². The molecule has 2 aliphatic rings. The molecule has 0 bridgehead atoms. The molecule has 0 N–H and O–H groups in total. The Morgan fingerprint density at radius 3 is 3.09 bits per heavy atom. The molecule has 62 valence electrons. The van der Waals surface area contributed by atoms with E-state index in [0.29, 0.717) is 12.3 Å². The normalized spacial score (nSPS) is 43.4. The van der Waals surface area contributed by atoms with Crippen LogP contribution in [0.2, 0.25) is 0 Å². The Morgan fingerprint density at radius 1 is 1.55 bits per heavy atom. The number of hydrogen-bond donors (Lipinski definition) is 0. The summed E-state index contributed by atoms with van der Waals surface area (Å²) in [5, 5.41) is 0. The number of esters is 1. The molecule has 0 spiro atoms. The molecule has 0 amide bonds. The lowest BCUT2D eigenvalue weighted by atomic mass is 9.77. The third-order valence-corrected chi connectivity index (χ3v) is 3.10. The van der Waals surface area contributed by atoms with E-state index < -0.39 is 0 Å². The fourth-order valence-electron chi connectivity index (χ4n) is 2.33. The van der Waals surface area contributed by atoms with Gasteiger partial charge in [-0.25, -0.2) is 0 Å². The monoisotopic (exact) mass is 154 g/mol. The predicted molar refractivity (Wildman–Crippen MR) is 41.1 cm³/mol. The molecule has 1 aliphatic heterocycles. The molecule has 1 aliphatic carbocycles. The summed E-state index contributed by atoms with van der Waals surface area (Å²) in [4.78, 5) is 11.0. The van der Waals surface area contributed by atoms with Crippen LogP contribution in [0.1, 0.15) is 39.0 Å². The van der Waals surface area contributed by atoms with Crippen LogP contribution in [0.5, 0.6) is 0 Å². The molecular formula is C9H14O2. The van der Waals surface area contributed by atoms with Gasteiger partial charge in [-0.15, -0.1) is 0 Å². The number of rotatable bonds is 0. The van der Waals surface area contributed by atoms with Crippen LogP contribution in [0.4, 0.5) is 0 Å². The van der Waals surface area contributed by atoms with Crippen LogP contribution in [0.3, 0.4) is 0 Å². The van der Waals surface area contributed by atoms with Gasteiger partial charge in [0.2, 0.25) is 0 Å². The van der Waals surface area contributed by atoms with E-state index >= 15 is 0 Å². The average Bonchev–Trinajstić information content (AvgIpc) is 2.22. The van der Waals surface area contributed by atoms with Gasteiger partial charge in [0, 0.05) is 5.92 Å². The maximum absolute atomic E-state index is 11.0. The molecule has 0 aromatic rings. The number of carbonyl (C=O) groups is 1. The third kappa shape index (κ3) is 1.05. The van der Waals surface area contributed by atoms with Crippen molar-refractivity contribution in [3.05, 3.63) is 0 Å². The Kier molecular flexibility index (Phi) is 1.44. The van der Waals surface area contributed by atoms with Crippen molar-refractivity contribution in [2.75, 3.05) is 0 Å². The molecule has 1 saturated heterocycles.